The van der Waals surface area contributed by atoms with E-state index >= 15 is 0 Å². The third kappa shape index (κ3) is 51.2. The molecule has 1 fully saturated rings. The molecule has 1 aliphatic rings. The summed E-state index contributed by atoms with van der Waals surface area (Å²) in [7, 11) is 0. The molecule has 9 heteroatoms. The van der Waals surface area contributed by atoms with Crippen LogP contribution in [0.25, 0.3) is 0 Å². The molecule has 0 aliphatic carbocycles. The molecule has 0 bridgehead atoms. The van der Waals surface area contributed by atoms with Crippen LogP contribution in [0.15, 0.2) is 97.2 Å². The lowest BCUT2D eigenvalue weighted by Gasteiger charge is -2.40. The van der Waals surface area contributed by atoms with Crippen molar-refractivity contribution in [1.82, 2.24) is 5.32 Å². The van der Waals surface area contributed by atoms with E-state index in [4.69, 9.17) is 9.47 Å². The molecule has 486 valence electrons. The number of nitrogens with one attached hydrogen (secondary N) is 1. The van der Waals surface area contributed by atoms with Crippen molar-refractivity contribution in [2.45, 2.75) is 358 Å². The maximum atomic E-state index is 13.1. The maximum Gasteiger partial charge on any atom is 0.220 e. The highest BCUT2D eigenvalue weighted by molar-refractivity contribution is 5.76. The van der Waals surface area contributed by atoms with Gasteiger partial charge in [0, 0.05) is 6.42 Å². The standard InChI is InChI=1S/C75H133NO8/c1-3-5-7-9-11-13-15-17-19-21-23-25-27-29-31-33-34-35-37-38-40-42-44-46-48-50-52-54-56-58-60-62-64-69(78)68(67-83-75-74(82)73(81)72(80)70(66-77)84-75)76-71(79)65-63-61-59-57-55-53-51-49-47-45-43-41-39-36-32-30-28-26-24-22-20-18-16-14-12-10-8-6-4-2/h6,8,12,14,18,20,24,26,30,32,46,48,54,56,62,64,68-70,72-75,77-78,80-82H,3-5,7,9-11,13,15-17,19,21-23,25,27-29,31,33-45,47,49-53,55,57-61,63,65-67H2,1-2H3,(H,76,79)/b8-6-,14-12-,20-18-,26-24-,32-30-,48-46+,56-54+,64-62+. The Morgan fingerprint density at radius 1 is 0.417 bits per heavy atom. The number of rotatable bonds is 61. The summed E-state index contributed by atoms with van der Waals surface area (Å²) in [5, 5.41) is 54.7. The first-order valence-corrected chi connectivity index (χ1v) is 35.5. The summed E-state index contributed by atoms with van der Waals surface area (Å²) < 4.78 is 11.3. The van der Waals surface area contributed by atoms with E-state index in [9.17, 15) is 30.3 Å². The monoisotopic (exact) mass is 1180 g/mol. The van der Waals surface area contributed by atoms with Crippen molar-refractivity contribution in [3.63, 3.8) is 0 Å². The summed E-state index contributed by atoms with van der Waals surface area (Å²) in [4.78, 5) is 13.1. The summed E-state index contributed by atoms with van der Waals surface area (Å²) in [6.07, 6.45) is 85.2. The predicted molar refractivity (Wildman–Crippen MR) is 359 cm³/mol. The van der Waals surface area contributed by atoms with Gasteiger partial charge in [-0.1, -0.05) is 317 Å². The molecular weight excluding hydrogens is 1040 g/mol. The van der Waals surface area contributed by atoms with E-state index < -0.39 is 49.5 Å². The fraction of sp³-hybridized carbons (Fsp3) is 0.773. The molecule has 9 nitrogen and oxygen atoms in total. The fourth-order valence-electron chi connectivity index (χ4n) is 10.9. The third-order valence-corrected chi connectivity index (χ3v) is 16.4. The summed E-state index contributed by atoms with van der Waals surface area (Å²) in [5.41, 5.74) is 0. The number of hydrogen-bond donors (Lipinski definition) is 6. The minimum atomic E-state index is -1.58. The second-order valence-electron chi connectivity index (χ2n) is 24.3. The molecule has 1 aliphatic heterocycles. The van der Waals surface area contributed by atoms with Crippen molar-refractivity contribution in [3.8, 4) is 0 Å². The topological polar surface area (TPSA) is 149 Å². The Bertz CT molecular complexity index is 1650. The van der Waals surface area contributed by atoms with E-state index in [0.717, 1.165) is 77.0 Å². The van der Waals surface area contributed by atoms with E-state index in [-0.39, 0.29) is 12.5 Å². The number of ether oxygens (including phenoxy) is 2. The molecule has 1 rings (SSSR count). The predicted octanol–water partition coefficient (Wildman–Crippen LogP) is 19.5. The smallest absolute Gasteiger partial charge is 0.220 e. The molecular formula is C75H133NO8. The van der Waals surface area contributed by atoms with Crippen LogP contribution in [0.3, 0.4) is 0 Å². The van der Waals surface area contributed by atoms with E-state index in [1.807, 2.05) is 6.08 Å². The molecule has 0 aromatic heterocycles. The maximum absolute atomic E-state index is 13.1. The van der Waals surface area contributed by atoms with Crippen LogP contribution in [-0.2, 0) is 14.3 Å². The largest absolute Gasteiger partial charge is 0.394 e. The van der Waals surface area contributed by atoms with E-state index in [1.54, 1.807) is 6.08 Å². The van der Waals surface area contributed by atoms with Crippen molar-refractivity contribution >= 4 is 5.91 Å². The summed E-state index contributed by atoms with van der Waals surface area (Å²) >= 11 is 0. The lowest BCUT2D eigenvalue weighted by molar-refractivity contribution is -0.302. The van der Waals surface area contributed by atoms with Gasteiger partial charge in [0.25, 0.3) is 0 Å². The van der Waals surface area contributed by atoms with E-state index in [2.05, 4.69) is 104 Å². The summed E-state index contributed by atoms with van der Waals surface area (Å²) in [6, 6.07) is -0.837. The van der Waals surface area contributed by atoms with Crippen molar-refractivity contribution in [3.05, 3.63) is 97.2 Å². The van der Waals surface area contributed by atoms with Gasteiger partial charge in [0.2, 0.25) is 5.91 Å². The Labute approximate surface area is 517 Å². The lowest BCUT2D eigenvalue weighted by Crippen LogP contribution is -2.60. The van der Waals surface area contributed by atoms with Crippen molar-refractivity contribution in [2.24, 2.45) is 0 Å². The molecule has 1 heterocycles. The quantitative estimate of drug-likeness (QED) is 0.0261. The normalized spacial score (nSPS) is 18.8. The number of aliphatic hydroxyl groups is 5. The summed E-state index contributed by atoms with van der Waals surface area (Å²) in [6.45, 7) is 3.67. The number of aliphatic hydroxyl groups excluding tert-OH is 5. The van der Waals surface area contributed by atoms with Crippen LogP contribution in [-0.4, -0.2) is 87.5 Å². The molecule has 0 aromatic carbocycles. The van der Waals surface area contributed by atoms with Gasteiger partial charge in [-0.15, -0.1) is 0 Å². The van der Waals surface area contributed by atoms with Crippen LogP contribution in [0.2, 0.25) is 0 Å². The van der Waals surface area contributed by atoms with Crippen molar-refractivity contribution in [1.29, 1.82) is 0 Å². The summed E-state index contributed by atoms with van der Waals surface area (Å²) in [5.74, 6) is -0.193. The number of hydrogen-bond acceptors (Lipinski definition) is 8. The minimum absolute atomic E-state index is 0.193. The van der Waals surface area contributed by atoms with Crippen molar-refractivity contribution < 1.29 is 39.8 Å². The highest BCUT2D eigenvalue weighted by Crippen LogP contribution is 2.23. The first-order valence-electron chi connectivity index (χ1n) is 35.5. The SMILES string of the molecule is CC/C=C\C/C=C\C/C=C\C/C=C\C/C=C\CCCCCCCCCCCCCCCC(=O)NC(COC1OC(CO)C(O)C(O)C1O)C(O)/C=C/CC/C=C/CC/C=C/CCCCCCCCCCCCCCCCCCCCCCCC. The third-order valence-electron chi connectivity index (χ3n) is 16.4. The second kappa shape index (κ2) is 63.1. The average Bonchev–Trinajstić information content (AvgIpc) is 3.69. The zero-order valence-electron chi connectivity index (χ0n) is 54.4. The zero-order chi connectivity index (χ0) is 60.7. The average molecular weight is 1180 g/mol. The van der Waals surface area contributed by atoms with Gasteiger partial charge in [0.1, 0.15) is 24.4 Å². The first-order chi connectivity index (χ1) is 41.3. The number of carbonyl (C=O) groups is 1. The molecule has 0 aromatic rings. The molecule has 1 saturated heterocycles. The Morgan fingerprint density at radius 2 is 0.750 bits per heavy atom. The highest BCUT2D eigenvalue weighted by Gasteiger charge is 2.44. The van der Waals surface area contributed by atoms with Gasteiger partial charge in [-0.25, -0.2) is 0 Å². The zero-order valence-corrected chi connectivity index (χ0v) is 54.4. The molecule has 7 atom stereocenters. The minimum Gasteiger partial charge on any atom is -0.394 e. The lowest BCUT2D eigenvalue weighted by atomic mass is 9.99. The number of amides is 1. The van der Waals surface area contributed by atoms with E-state index in [0.29, 0.717) is 6.42 Å². The van der Waals surface area contributed by atoms with Crippen LogP contribution in [0.4, 0.5) is 0 Å². The van der Waals surface area contributed by atoms with Gasteiger partial charge < -0.3 is 40.3 Å². The van der Waals surface area contributed by atoms with Crippen LogP contribution >= 0.6 is 0 Å². The molecule has 84 heavy (non-hydrogen) atoms. The molecule has 7 unspecified atom stereocenters. The van der Waals surface area contributed by atoms with Gasteiger partial charge in [-0.2, -0.15) is 0 Å². The van der Waals surface area contributed by atoms with Gasteiger partial charge >= 0.3 is 0 Å². The van der Waals surface area contributed by atoms with Gasteiger partial charge in [-0.05, 0) is 89.9 Å². The second-order valence-corrected chi connectivity index (χ2v) is 24.3. The van der Waals surface area contributed by atoms with Crippen LogP contribution in [0, 0.1) is 0 Å². The molecule has 0 saturated carbocycles. The fourth-order valence-corrected chi connectivity index (χ4v) is 10.9. The molecule has 6 N–H and O–H groups in total. The Kier molecular flexibility index (Phi) is 59.5. The Hall–Kier alpha value is -2.89. The van der Waals surface area contributed by atoms with Gasteiger partial charge in [-0.3, -0.25) is 4.79 Å². The molecule has 0 radical (unpaired) electrons. The molecule has 0 spiro atoms. The van der Waals surface area contributed by atoms with Crippen molar-refractivity contribution in [2.75, 3.05) is 13.2 Å². The van der Waals surface area contributed by atoms with Gasteiger partial charge in [0.15, 0.2) is 6.29 Å². The number of unbranched alkanes of at least 4 members (excludes halogenated alkanes) is 37. The highest BCUT2D eigenvalue weighted by atomic mass is 16.7. The van der Waals surface area contributed by atoms with Gasteiger partial charge in [0.05, 0.1) is 25.4 Å². The van der Waals surface area contributed by atoms with E-state index in [1.165, 1.54) is 218 Å². The Morgan fingerprint density at radius 3 is 1.14 bits per heavy atom. The van der Waals surface area contributed by atoms with Crippen LogP contribution < -0.4 is 5.32 Å². The first kappa shape index (κ1) is 79.1. The van der Waals surface area contributed by atoms with Crippen LogP contribution in [0.1, 0.15) is 316 Å². The Balaban J connectivity index is 2.17. The number of allylic oxidation sites excluding steroid dienone is 15. The van der Waals surface area contributed by atoms with Crippen LogP contribution in [0.5, 0.6) is 0 Å². The molecule has 1 amide bonds. The number of carbonyl (C=O) groups excluding carboxylic acids is 1.